The Balaban J connectivity index is 1.11. The van der Waals surface area contributed by atoms with Crippen molar-refractivity contribution in [3.05, 3.63) is 118 Å². The lowest BCUT2D eigenvalue weighted by Gasteiger charge is -2.09. The Bertz CT molecular complexity index is 1790. The zero-order valence-electron chi connectivity index (χ0n) is 26.1. The van der Waals surface area contributed by atoms with Crippen LogP contribution < -0.4 is 9.47 Å². The second kappa shape index (κ2) is 15.7. The Hall–Kier alpha value is -4.40. The number of aliphatic carboxylic acids is 1. The molecule has 0 spiro atoms. The smallest absolute Gasteiger partial charge is 0.343 e. The molecule has 0 aliphatic heterocycles. The highest BCUT2D eigenvalue weighted by atomic mass is 32.2. The predicted octanol–water partition coefficient (Wildman–Crippen LogP) is 8.50. The molecule has 0 heterocycles. The van der Waals surface area contributed by atoms with E-state index in [9.17, 15) is 9.59 Å². The number of rotatable bonds is 14. The molecule has 1 N–H and O–H groups in total. The number of hydrogen-bond donors (Lipinski definition) is 1. The molecule has 1 aliphatic carbocycles. The first-order chi connectivity index (χ1) is 22.3. The van der Waals surface area contributed by atoms with Crippen LogP contribution in [0, 0.1) is 13.8 Å². The van der Waals surface area contributed by atoms with Crippen molar-refractivity contribution < 1.29 is 28.9 Å². The summed E-state index contributed by atoms with van der Waals surface area (Å²) in [6.45, 7) is 3.47. The molecule has 6 nitrogen and oxygen atoms in total. The summed E-state index contributed by atoms with van der Waals surface area (Å²) in [6.07, 6.45) is 9.64. The Kier molecular flexibility index (Phi) is 11.3. The van der Waals surface area contributed by atoms with Gasteiger partial charge in [-0.3, -0.25) is 0 Å². The average molecular weight is 653 g/mol. The van der Waals surface area contributed by atoms with Crippen LogP contribution in [0.1, 0.15) is 33.4 Å². The number of carboxylic acids is 1. The maximum absolute atomic E-state index is 11.3. The van der Waals surface area contributed by atoms with Gasteiger partial charge in [-0.15, -0.1) is 23.5 Å². The third kappa shape index (κ3) is 8.86. The molecule has 46 heavy (non-hydrogen) atoms. The van der Waals surface area contributed by atoms with Gasteiger partial charge in [0.15, 0.2) is 13.2 Å². The quantitative estimate of drug-likeness (QED) is 0.0945. The first kappa shape index (κ1) is 33.0. The highest BCUT2D eigenvalue weighted by Crippen LogP contribution is 2.38. The summed E-state index contributed by atoms with van der Waals surface area (Å²) in [5.41, 5.74) is 9.62. The van der Waals surface area contributed by atoms with E-state index in [-0.39, 0.29) is 13.2 Å². The number of aryl methyl sites for hydroxylation is 2. The first-order valence-electron chi connectivity index (χ1n) is 14.9. The van der Waals surface area contributed by atoms with E-state index in [2.05, 4.69) is 71.5 Å². The summed E-state index contributed by atoms with van der Waals surface area (Å²) in [5, 5.41) is 8.82. The molecular weight excluding hydrogens is 617 g/mol. The van der Waals surface area contributed by atoms with Gasteiger partial charge in [-0.25, -0.2) is 9.59 Å². The summed E-state index contributed by atoms with van der Waals surface area (Å²) in [6, 6.07) is 25.2. The fourth-order valence-electron chi connectivity index (χ4n) is 5.20. The van der Waals surface area contributed by atoms with E-state index >= 15 is 0 Å². The van der Waals surface area contributed by atoms with E-state index in [0.717, 1.165) is 38.8 Å². The van der Waals surface area contributed by atoms with Crippen molar-refractivity contribution >= 4 is 47.6 Å². The summed E-state index contributed by atoms with van der Waals surface area (Å²) >= 11 is 3.48. The van der Waals surface area contributed by atoms with Crippen molar-refractivity contribution in [3.63, 3.8) is 0 Å². The standard InChI is InChI=1S/C38H36O6S2/c1-25-18-31(10-14-35(25)43-23-37(39)40)45-16-4-6-27-8-12-33-29(20-27)22-30-21-28(9-13-34(30)33)7-5-17-46-32-11-15-36(26(2)19-32)44-24-38(41)42-3/h4-15,18-21H,16-17,22-24H2,1-3H3,(H,39,40)/b6-4+,7-5+. The van der Waals surface area contributed by atoms with Crippen molar-refractivity contribution in [1.29, 1.82) is 0 Å². The molecule has 0 bridgehead atoms. The Morgan fingerprint density at radius 2 is 1.22 bits per heavy atom. The molecule has 8 heteroatoms. The van der Waals surface area contributed by atoms with Crippen LogP contribution in [-0.4, -0.2) is 48.9 Å². The molecule has 0 radical (unpaired) electrons. The number of ether oxygens (including phenoxy) is 3. The summed E-state index contributed by atoms with van der Waals surface area (Å²) < 4.78 is 15.5. The van der Waals surface area contributed by atoms with Crippen LogP contribution in [0.3, 0.4) is 0 Å². The fraction of sp³-hybridized carbons (Fsp3) is 0.211. The lowest BCUT2D eigenvalue weighted by Crippen LogP contribution is -2.12. The van der Waals surface area contributed by atoms with Gasteiger partial charge < -0.3 is 19.3 Å². The average Bonchev–Trinajstić information content (AvgIpc) is 3.41. The molecule has 0 saturated heterocycles. The number of hydrogen-bond acceptors (Lipinski definition) is 7. The van der Waals surface area contributed by atoms with Crippen LogP contribution in [0.25, 0.3) is 23.3 Å². The lowest BCUT2D eigenvalue weighted by atomic mass is 10.0. The number of carbonyl (C=O) groups is 2. The molecule has 0 atom stereocenters. The van der Waals surface area contributed by atoms with Crippen molar-refractivity contribution in [2.75, 3.05) is 31.8 Å². The van der Waals surface area contributed by atoms with Gasteiger partial charge in [-0.1, -0.05) is 60.7 Å². The number of methoxy groups -OCH3 is 1. The van der Waals surface area contributed by atoms with Crippen LogP contribution in [0.2, 0.25) is 0 Å². The van der Waals surface area contributed by atoms with Crippen LogP contribution in [0.4, 0.5) is 0 Å². The Labute approximate surface area is 278 Å². The summed E-state index contributed by atoms with van der Waals surface area (Å²) in [5.74, 6) is 1.58. The molecule has 0 saturated carbocycles. The first-order valence-corrected chi connectivity index (χ1v) is 16.9. The van der Waals surface area contributed by atoms with E-state index in [1.807, 2.05) is 44.2 Å². The second-order valence-corrected chi connectivity index (χ2v) is 13.0. The highest BCUT2D eigenvalue weighted by Gasteiger charge is 2.18. The van der Waals surface area contributed by atoms with Crippen molar-refractivity contribution in [1.82, 2.24) is 0 Å². The minimum Gasteiger partial charge on any atom is -0.482 e. The summed E-state index contributed by atoms with van der Waals surface area (Å²) in [7, 11) is 1.35. The lowest BCUT2D eigenvalue weighted by molar-refractivity contribution is -0.143. The fourth-order valence-corrected chi connectivity index (χ4v) is 6.82. The van der Waals surface area contributed by atoms with Gasteiger partial charge in [0.25, 0.3) is 0 Å². The van der Waals surface area contributed by atoms with Crippen LogP contribution >= 0.6 is 23.5 Å². The minimum absolute atomic E-state index is 0.0931. The molecule has 0 fully saturated rings. The van der Waals surface area contributed by atoms with Crippen molar-refractivity contribution in [2.24, 2.45) is 0 Å². The topological polar surface area (TPSA) is 82.1 Å². The van der Waals surface area contributed by atoms with Gasteiger partial charge >= 0.3 is 11.9 Å². The molecule has 1 aliphatic rings. The minimum atomic E-state index is -0.983. The van der Waals surface area contributed by atoms with Crippen LogP contribution in [-0.2, 0) is 20.7 Å². The van der Waals surface area contributed by atoms with Gasteiger partial charge in [0, 0.05) is 21.3 Å². The van der Waals surface area contributed by atoms with E-state index in [1.54, 1.807) is 23.5 Å². The molecular formula is C38H36O6S2. The van der Waals surface area contributed by atoms with Crippen LogP contribution in [0.15, 0.2) is 94.7 Å². The van der Waals surface area contributed by atoms with Gasteiger partial charge in [0.1, 0.15) is 11.5 Å². The summed E-state index contributed by atoms with van der Waals surface area (Å²) in [4.78, 5) is 24.3. The third-order valence-electron chi connectivity index (χ3n) is 7.46. The number of carboxylic acid groups (broad SMARTS) is 1. The van der Waals surface area contributed by atoms with E-state index < -0.39 is 11.9 Å². The maximum Gasteiger partial charge on any atom is 0.343 e. The third-order valence-corrected chi connectivity index (χ3v) is 9.35. The van der Waals surface area contributed by atoms with E-state index in [0.29, 0.717) is 11.5 Å². The van der Waals surface area contributed by atoms with E-state index in [1.165, 1.54) is 40.5 Å². The predicted molar refractivity (Wildman–Crippen MR) is 187 cm³/mol. The number of carbonyl (C=O) groups excluding carboxylic acids is 1. The van der Waals surface area contributed by atoms with Gasteiger partial charge in [-0.2, -0.15) is 0 Å². The SMILES string of the molecule is COC(=O)COc1ccc(SC/C=C/c2ccc3c(c2)Cc2cc(/C=C/CSc4ccc(OCC(=O)O)c(C)c4)ccc2-3)cc1C. The number of benzene rings is 4. The zero-order valence-corrected chi connectivity index (χ0v) is 27.7. The van der Waals surface area contributed by atoms with Crippen molar-refractivity contribution in [2.45, 2.75) is 30.1 Å². The van der Waals surface area contributed by atoms with E-state index in [4.69, 9.17) is 14.6 Å². The normalized spacial score (nSPS) is 11.9. The maximum atomic E-state index is 11.3. The molecule has 4 aromatic carbocycles. The van der Waals surface area contributed by atoms with Crippen LogP contribution in [0.5, 0.6) is 11.5 Å². The molecule has 4 aromatic rings. The second-order valence-electron chi connectivity index (χ2n) is 10.8. The van der Waals surface area contributed by atoms with Gasteiger partial charge in [-0.05, 0) is 101 Å². The number of esters is 1. The molecule has 236 valence electrons. The Morgan fingerprint density at radius 3 is 1.67 bits per heavy atom. The number of fused-ring (bicyclic) bond motifs is 3. The van der Waals surface area contributed by atoms with Crippen molar-refractivity contribution in [3.8, 4) is 22.6 Å². The van der Waals surface area contributed by atoms with Gasteiger partial charge in [0.05, 0.1) is 7.11 Å². The Morgan fingerprint density at radius 1 is 0.717 bits per heavy atom. The zero-order chi connectivity index (χ0) is 32.5. The largest absolute Gasteiger partial charge is 0.482 e. The van der Waals surface area contributed by atoms with Gasteiger partial charge in [0.2, 0.25) is 0 Å². The molecule has 0 aromatic heterocycles. The monoisotopic (exact) mass is 652 g/mol. The highest BCUT2D eigenvalue weighted by molar-refractivity contribution is 7.99. The molecule has 0 amide bonds. The molecule has 5 rings (SSSR count). The number of thioether (sulfide) groups is 2. The molecule has 0 unspecified atom stereocenters.